The molecule has 1 heterocycles. The highest BCUT2D eigenvalue weighted by molar-refractivity contribution is 5.84. The summed E-state index contributed by atoms with van der Waals surface area (Å²) in [6.45, 7) is 1.97. The second-order valence-corrected chi connectivity index (χ2v) is 5.76. The van der Waals surface area contributed by atoms with Crippen LogP contribution in [0.4, 0.5) is 5.69 Å². The Morgan fingerprint density at radius 1 is 0.875 bits per heavy atom. The van der Waals surface area contributed by atoms with Crippen molar-refractivity contribution in [2.45, 2.75) is 6.54 Å². The Bertz CT molecular complexity index is 876. The molecule has 0 aliphatic carbocycles. The Labute approximate surface area is 141 Å². The van der Waals surface area contributed by atoms with Crippen LogP contribution in [0.2, 0.25) is 0 Å². The van der Waals surface area contributed by atoms with Crippen LogP contribution in [0.25, 0.3) is 10.8 Å². The van der Waals surface area contributed by atoms with Gasteiger partial charge in [0.2, 0.25) is 0 Å². The predicted molar refractivity (Wildman–Crippen MR) is 95.3 cm³/mol. The molecular formula is C20H19NO3. The van der Waals surface area contributed by atoms with Crippen molar-refractivity contribution in [2.24, 2.45) is 0 Å². The van der Waals surface area contributed by atoms with Gasteiger partial charge in [-0.2, -0.15) is 0 Å². The highest BCUT2D eigenvalue weighted by Gasteiger charge is 2.11. The van der Waals surface area contributed by atoms with Gasteiger partial charge in [-0.3, -0.25) is 0 Å². The van der Waals surface area contributed by atoms with Crippen LogP contribution >= 0.6 is 0 Å². The van der Waals surface area contributed by atoms with Crippen LogP contribution < -0.4 is 19.5 Å². The summed E-state index contributed by atoms with van der Waals surface area (Å²) in [5, 5.41) is 5.82. The SMILES string of the molecule is COc1ccc2cc(CNc3ccc4c(c3)OCCO4)ccc2c1. The Balaban J connectivity index is 1.50. The number of anilines is 1. The molecule has 0 fully saturated rings. The van der Waals surface area contributed by atoms with E-state index in [0.29, 0.717) is 13.2 Å². The van der Waals surface area contributed by atoms with E-state index in [-0.39, 0.29) is 0 Å². The van der Waals surface area contributed by atoms with Gasteiger partial charge >= 0.3 is 0 Å². The molecular weight excluding hydrogens is 302 g/mol. The van der Waals surface area contributed by atoms with Gasteiger partial charge in [-0.05, 0) is 46.7 Å². The molecule has 0 amide bonds. The molecule has 1 aliphatic rings. The number of fused-ring (bicyclic) bond motifs is 2. The average molecular weight is 321 g/mol. The molecule has 0 saturated carbocycles. The number of benzene rings is 3. The Kier molecular flexibility index (Phi) is 3.87. The lowest BCUT2D eigenvalue weighted by Crippen LogP contribution is -2.15. The van der Waals surface area contributed by atoms with Crippen molar-refractivity contribution in [1.29, 1.82) is 0 Å². The zero-order valence-corrected chi connectivity index (χ0v) is 13.5. The largest absolute Gasteiger partial charge is 0.497 e. The van der Waals surface area contributed by atoms with Crippen LogP contribution in [0.3, 0.4) is 0 Å². The van der Waals surface area contributed by atoms with E-state index in [1.165, 1.54) is 16.3 Å². The van der Waals surface area contributed by atoms with E-state index in [1.807, 2.05) is 30.3 Å². The van der Waals surface area contributed by atoms with E-state index < -0.39 is 0 Å². The molecule has 0 aromatic heterocycles. The zero-order chi connectivity index (χ0) is 16.4. The molecule has 0 spiro atoms. The summed E-state index contributed by atoms with van der Waals surface area (Å²) in [4.78, 5) is 0. The number of ether oxygens (including phenoxy) is 3. The van der Waals surface area contributed by atoms with Crippen LogP contribution in [0.15, 0.2) is 54.6 Å². The number of methoxy groups -OCH3 is 1. The topological polar surface area (TPSA) is 39.7 Å². The van der Waals surface area contributed by atoms with Gasteiger partial charge in [-0.25, -0.2) is 0 Å². The molecule has 4 nitrogen and oxygen atoms in total. The average Bonchev–Trinajstić information content (AvgIpc) is 2.65. The van der Waals surface area contributed by atoms with Crippen LogP contribution in [0.5, 0.6) is 17.2 Å². The number of hydrogen-bond acceptors (Lipinski definition) is 4. The minimum absolute atomic E-state index is 0.602. The Morgan fingerprint density at radius 3 is 2.54 bits per heavy atom. The second kappa shape index (κ2) is 6.32. The van der Waals surface area contributed by atoms with Gasteiger partial charge in [0, 0.05) is 18.3 Å². The van der Waals surface area contributed by atoms with E-state index in [4.69, 9.17) is 14.2 Å². The summed E-state index contributed by atoms with van der Waals surface area (Å²) in [5.41, 5.74) is 2.25. The Hall–Kier alpha value is -2.88. The maximum Gasteiger partial charge on any atom is 0.163 e. The molecule has 0 bridgehead atoms. The lowest BCUT2D eigenvalue weighted by atomic mass is 10.1. The fourth-order valence-corrected chi connectivity index (χ4v) is 2.87. The molecule has 3 aromatic rings. The molecule has 1 aliphatic heterocycles. The van der Waals surface area contributed by atoms with E-state index >= 15 is 0 Å². The van der Waals surface area contributed by atoms with E-state index in [9.17, 15) is 0 Å². The first-order valence-electron chi connectivity index (χ1n) is 8.02. The van der Waals surface area contributed by atoms with E-state index in [0.717, 1.165) is 29.5 Å². The van der Waals surface area contributed by atoms with E-state index in [2.05, 4.69) is 29.6 Å². The monoisotopic (exact) mass is 321 g/mol. The molecule has 24 heavy (non-hydrogen) atoms. The molecule has 0 radical (unpaired) electrons. The normalized spacial score (nSPS) is 12.9. The fourth-order valence-electron chi connectivity index (χ4n) is 2.87. The van der Waals surface area contributed by atoms with Crippen molar-refractivity contribution < 1.29 is 14.2 Å². The zero-order valence-electron chi connectivity index (χ0n) is 13.5. The quantitative estimate of drug-likeness (QED) is 0.780. The van der Waals surface area contributed by atoms with Gasteiger partial charge in [0.15, 0.2) is 11.5 Å². The van der Waals surface area contributed by atoms with Crippen molar-refractivity contribution in [3.05, 3.63) is 60.2 Å². The molecule has 0 unspecified atom stereocenters. The standard InChI is InChI=1S/C20H19NO3/c1-22-18-6-4-15-10-14(2-3-16(15)11-18)13-21-17-5-7-19-20(12-17)24-9-8-23-19/h2-7,10-12,21H,8-9,13H2,1H3. The van der Waals surface area contributed by atoms with Crippen LogP contribution in [-0.2, 0) is 6.54 Å². The van der Waals surface area contributed by atoms with Gasteiger partial charge in [0.25, 0.3) is 0 Å². The molecule has 122 valence electrons. The molecule has 0 saturated heterocycles. The summed E-state index contributed by atoms with van der Waals surface area (Å²) in [5.74, 6) is 2.49. The van der Waals surface area contributed by atoms with Crippen LogP contribution in [0.1, 0.15) is 5.56 Å². The maximum atomic E-state index is 5.62. The lowest BCUT2D eigenvalue weighted by Gasteiger charge is -2.19. The molecule has 0 atom stereocenters. The van der Waals surface area contributed by atoms with E-state index in [1.54, 1.807) is 7.11 Å². The third kappa shape index (κ3) is 2.95. The van der Waals surface area contributed by atoms with Crippen LogP contribution in [-0.4, -0.2) is 20.3 Å². The Morgan fingerprint density at radius 2 is 1.67 bits per heavy atom. The highest BCUT2D eigenvalue weighted by Crippen LogP contribution is 2.32. The molecule has 3 aromatic carbocycles. The van der Waals surface area contributed by atoms with Gasteiger partial charge in [0.05, 0.1) is 7.11 Å². The molecule has 4 heteroatoms. The summed E-state index contributed by atoms with van der Waals surface area (Å²) in [6.07, 6.45) is 0. The minimum atomic E-state index is 0.602. The minimum Gasteiger partial charge on any atom is -0.497 e. The summed E-state index contributed by atoms with van der Waals surface area (Å²) in [6, 6.07) is 18.5. The summed E-state index contributed by atoms with van der Waals surface area (Å²) in [7, 11) is 1.69. The van der Waals surface area contributed by atoms with Crippen molar-refractivity contribution in [1.82, 2.24) is 0 Å². The number of rotatable bonds is 4. The maximum absolute atomic E-state index is 5.62. The van der Waals surface area contributed by atoms with Gasteiger partial charge in [-0.1, -0.05) is 18.2 Å². The van der Waals surface area contributed by atoms with Gasteiger partial charge < -0.3 is 19.5 Å². The smallest absolute Gasteiger partial charge is 0.163 e. The fraction of sp³-hybridized carbons (Fsp3) is 0.200. The highest BCUT2D eigenvalue weighted by atomic mass is 16.6. The second-order valence-electron chi connectivity index (χ2n) is 5.76. The molecule has 1 N–H and O–H groups in total. The van der Waals surface area contributed by atoms with Crippen LogP contribution in [0, 0.1) is 0 Å². The predicted octanol–water partition coefficient (Wildman–Crippen LogP) is 4.23. The number of nitrogens with one attached hydrogen (secondary N) is 1. The first-order chi connectivity index (χ1) is 11.8. The summed E-state index contributed by atoms with van der Waals surface area (Å²) < 4.78 is 16.4. The van der Waals surface area contributed by atoms with Crippen molar-refractivity contribution >= 4 is 16.5 Å². The lowest BCUT2D eigenvalue weighted by molar-refractivity contribution is 0.171. The van der Waals surface area contributed by atoms with Crippen molar-refractivity contribution in [3.8, 4) is 17.2 Å². The van der Waals surface area contributed by atoms with Crippen molar-refractivity contribution in [2.75, 3.05) is 25.6 Å². The van der Waals surface area contributed by atoms with Crippen molar-refractivity contribution in [3.63, 3.8) is 0 Å². The third-order valence-corrected chi connectivity index (χ3v) is 4.15. The number of hydrogen-bond donors (Lipinski definition) is 1. The third-order valence-electron chi connectivity index (χ3n) is 4.15. The first-order valence-corrected chi connectivity index (χ1v) is 8.02. The van der Waals surface area contributed by atoms with Gasteiger partial charge in [0.1, 0.15) is 19.0 Å². The van der Waals surface area contributed by atoms with Gasteiger partial charge in [-0.15, -0.1) is 0 Å². The molecule has 4 rings (SSSR count). The summed E-state index contributed by atoms with van der Waals surface area (Å²) >= 11 is 0. The first kappa shape index (κ1) is 14.7.